The molecule has 136 valence electrons. The Morgan fingerprint density at radius 2 is 1.62 bits per heavy atom. The first-order valence-electron chi connectivity index (χ1n) is 7.63. The van der Waals surface area contributed by atoms with Gasteiger partial charge in [-0.25, -0.2) is 25.9 Å². The van der Waals surface area contributed by atoms with Crippen LogP contribution in [0.2, 0.25) is 0 Å². The number of hydrogen-bond acceptors (Lipinski definition) is 5. The lowest BCUT2D eigenvalue weighted by atomic mass is 9.95. The van der Waals surface area contributed by atoms with Crippen molar-refractivity contribution in [3.8, 4) is 0 Å². The van der Waals surface area contributed by atoms with Gasteiger partial charge in [0.1, 0.15) is 0 Å². The molecule has 7 nitrogen and oxygen atoms in total. The van der Waals surface area contributed by atoms with Crippen LogP contribution in [0, 0.1) is 0 Å². The van der Waals surface area contributed by atoms with E-state index in [1.807, 2.05) is 13.8 Å². The highest BCUT2D eigenvalue weighted by molar-refractivity contribution is 7.89. The summed E-state index contributed by atoms with van der Waals surface area (Å²) in [5.41, 5.74) is -0.366. The van der Waals surface area contributed by atoms with E-state index < -0.39 is 20.0 Å². The summed E-state index contributed by atoms with van der Waals surface area (Å²) in [6, 6.07) is 5.02. The summed E-state index contributed by atoms with van der Waals surface area (Å²) in [5.74, 6) is 0. The number of sulfonamides is 2. The van der Waals surface area contributed by atoms with Crippen LogP contribution in [0.4, 0.5) is 0 Å². The van der Waals surface area contributed by atoms with Crippen LogP contribution >= 0.6 is 0 Å². The van der Waals surface area contributed by atoms with Crippen molar-refractivity contribution in [2.24, 2.45) is 0 Å². The first-order valence-corrected chi connectivity index (χ1v) is 10.6. The van der Waals surface area contributed by atoms with E-state index in [2.05, 4.69) is 4.72 Å². The molecule has 1 aromatic carbocycles. The summed E-state index contributed by atoms with van der Waals surface area (Å²) >= 11 is 0. The summed E-state index contributed by atoms with van der Waals surface area (Å²) < 4.78 is 58.4. The molecule has 0 bridgehead atoms. The Morgan fingerprint density at radius 1 is 1.08 bits per heavy atom. The third-order valence-corrected chi connectivity index (χ3v) is 7.30. The molecule has 1 atom stereocenters. The highest BCUT2D eigenvalue weighted by atomic mass is 32.2. The van der Waals surface area contributed by atoms with Crippen LogP contribution < -0.4 is 4.72 Å². The van der Waals surface area contributed by atoms with Crippen LogP contribution in [-0.2, 0) is 24.8 Å². The van der Waals surface area contributed by atoms with Crippen molar-refractivity contribution < 1.29 is 21.6 Å². The average Bonchev–Trinajstić information content (AvgIpc) is 2.45. The van der Waals surface area contributed by atoms with Gasteiger partial charge in [-0.15, -0.1) is 0 Å². The lowest BCUT2D eigenvalue weighted by molar-refractivity contribution is -0.0599. The minimum atomic E-state index is -3.71. The molecule has 2 rings (SSSR count). The smallest absolute Gasteiger partial charge is 0.242 e. The third kappa shape index (κ3) is 4.34. The van der Waals surface area contributed by atoms with Gasteiger partial charge in [-0.2, -0.15) is 0 Å². The molecule has 1 saturated heterocycles. The van der Waals surface area contributed by atoms with Gasteiger partial charge in [0.05, 0.1) is 15.4 Å². The molecule has 1 N–H and O–H groups in total. The number of benzene rings is 1. The average molecular weight is 377 g/mol. The van der Waals surface area contributed by atoms with E-state index in [-0.39, 0.29) is 21.4 Å². The number of nitrogens with zero attached hydrogens (tertiary/aromatic N) is 1. The molecule has 0 spiro atoms. The number of nitrogens with one attached hydrogen (secondary N) is 1. The van der Waals surface area contributed by atoms with E-state index in [4.69, 9.17) is 4.74 Å². The fourth-order valence-corrected chi connectivity index (χ4v) is 4.79. The van der Waals surface area contributed by atoms with Gasteiger partial charge >= 0.3 is 0 Å². The molecule has 0 amide bonds. The van der Waals surface area contributed by atoms with Crippen LogP contribution in [0.5, 0.6) is 0 Å². The quantitative estimate of drug-likeness (QED) is 0.833. The van der Waals surface area contributed by atoms with E-state index in [0.29, 0.717) is 19.4 Å². The van der Waals surface area contributed by atoms with Gasteiger partial charge in [0, 0.05) is 26.7 Å². The number of hydrogen-bond donors (Lipinski definition) is 1. The zero-order valence-corrected chi connectivity index (χ0v) is 15.9. The topological polar surface area (TPSA) is 92.8 Å². The summed E-state index contributed by atoms with van der Waals surface area (Å²) in [6.07, 6.45) is 1.19. The van der Waals surface area contributed by atoms with E-state index in [0.717, 1.165) is 4.31 Å². The highest BCUT2D eigenvalue weighted by Crippen LogP contribution is 2.25. The Bertz CT molecular complexity index is 784. The zero-order valence-electron chi connectivity index (χ0n) is 14.3. The number of ether oxygens (including phenoxy) is 1. The Morgan fingerprint density at radius 3 is 2.12 bits per heavy atom. The van der Waals surface area contributed by atoms with Crippen molar-refractivity contribution in [2.75, 3.05) is 20.7 Å². The van der Waals surface area contributed by atoms with Gasteiger partial charge < -0.3 is 4.74 Å². The normalized spacial score (nSPS) is 21.8. The molecule has 1 fully saturated rings. The van der Waals surface area contributed by atoms with Gasteiger partial charge in [-0.3, -0.25) is 0 Å². The molecular formula is C15H24N2O5S2. The first-order chi connectivity index (χ1) is 10.9. The van der Waals surface area contributed by atoms with E-state index >= 15 is 0 Å². The minimum absolute atomic E-state index is 0.0458. The maximum absolute atomic E-state index is 12.5. The molecule has 1 aromatic rings. The largest absolute Gasteiger partial charge is 0.375 e. The molecule has 0 unspecified atom stereocenters. The molecular weight excluding hydrogens is 352 g/mol. The van der Waals surface area contributed by atoms with E-state index in [1.165, 1.54) is 38.4 Å². The van der Waals surface area contributed by atoms with Crippen LogP contribution in [-0.4, -0.2) is 53.5 Å². The fourth-order valence-electron chi connectivity index (χ4n) is 2.62. The lowest BCUT2D eigenvalue weighted by Gasteiger charge is -2.35. The van der Waals surface area contributed by atoms with Crippen molar-refractivity contribution in [1.29, 1.82) is 0 Å². The predicted molar refractivity (Wildman–Crippen MR) is 90.7 cm³/mol. The van der Waals surface area contributed by atoms with Crippen molar-refractivity contribution in [3.63, 3.8) is 0 Å². The third-order valence-electron chi connectivity index (χ3n) is 3.93. The van der Waals surface area contributed by atoms with Crippen LogP contribution in [0.3, 0.4) is 0 Å². The van der Waals surface area contributed by atoms with Crippen molar-refractivity contribution in [3.05, 3.63) is 24.3 Å². The molecule has 1 heterocycles. The van der Waals surface area contributed by atoms with Crippen LogP contribution in [0.1, 0.15) is 26.7 Å². The van der Waals surface area contributed by atoms with Gasteiger partial charge in [0.25, 0.3) is 0 Å². The second-order valence-corrected chi connectivity index (χ2v) is 10.5. The standard InChI is InChI=1S/C15H24N2O5S2/c1-15(2)11-12(9-10-22-15)16-23(18,19)13-5-7-14(8-6-13)24(20,21)17(3)4/h5-8,12,16H,9-11H2,1-4H3/t12-/m1/s1. The molecule has 1 aliphatic heterocycles. The van der Waals surface area contributed by atoms with Crippen molar-refractivity contribution in [2.45, 2.75) is 48.1 Å². The first kappa shape index (κ1) is 19.3. The Kier molecular flexibility index (Phi) is 5.41. The van der Waals surface area contributed by atoms with Gasteiger partial charge in [-0.05, 0) is 51.0 Å². The van der Waals surface area contributed by atoms with E-state index in [1.54, 1.807) is 0 Å². The summed E-state index contributed by atoms with van der Waals surface area (Å²) in [7, 11) is -4.44. The number of rotatable bonds is 5. The van der Waals surface area contributed by atoms with Crippen molar-refractivity contribution >= 4 is 20.0 Å². The second-order valence-electron chi connectivity index (χ2n) is 6.68. The Labute approximate surface area is 144 Å². The Hall–Kier alpha value is -1.00. The molecule has 9 heteroatoms. The molecule has 24 heavy (non-hydrogen) atoms. The molecule has 0 radical (unpaired) electrons. The zero-order chi connectivity index (χ0) is 18.2. The monoisotopic (exact) mass is 376 g/mol. The molecule has 0 aromatic heterocycles. The second kappa shape index (κ2) is 6.72. The summed E-state index contributed by atoms with van der Waals surface area (Å²) in [4.78, 5) is 0.100. The van der Waals surface area contributed by atoms with Gasteiger partial charge in [0.15, 0.2) is 0 Å². The predicted octanol–water partition coefficient (Wildman–Crippen LogP) is 1.17. The van der Waals surface area contributed by atoms with Crippen molar-refractivity contribution in [1.82, 2.24) is 9.03 Å². The molecule has 0 aliphatic carbocycles. The van der Waals surface area contributed by atoms with Gasteiger partial charge in [0.2, 0.25) is 20.0 Å². The minimum Gasteiger partial charge on any atom is -0.375 e. The fraction of sp³-hybridized carbons (Fsp3) is 0.600. The van der Waals surface area contributed by atoms with E-state index in [9.17, 15) is 16.8 Å². The SMILES string of the molecule is CN(C)S(=O)(=O)c1ccc(S(=O)(=O)N[C@@H]2CCOC(C)(C)C2)cc1. The highest BCUT2D eigenvalue weighted by Gasteiger charge is 2.31. The van der Waals surface area contributed by atoms with Gasteiger partial charge in [-0.1, -0.05) is 0 Å². The lowest BCUT2D eigenvalue weighted by Crippen LogP contribution is -2.45. The summed E-state index contributed by atoms with van der Waals surface area (Å²) in [5, 5.41) is 0. The molecule has 1 aliphatic rings. The summed E-state index contributed by atoms with van der Waals surface area (Å²) in [6.45, 7) is 4.35. The molecule has 0 saturated carbocycles. The maximum atomic E-state index is 12.5. The maximum Gasteiger partial charge on any atom is 0.242 e. The van der Waals surface area contributed by atoms with Crippen LogP contribution in [0.15, 0.2) is 34.1 Å². The Balaban J connectivity index is 2.18. The van der Waals surface area contributed by atoms with Crippen LogP contribution in [0.25, 0.3) is 0 Å².